The second kappa shape index (κ2) is 6.47. The van der Waals surface area contributed by atoms with Gasteiger partial charge in [0, 0.05) is 0 Å². The van der Waals surface area contributed by atoms with Crippen LogP contribution < -0.4 is 11.3 Å². The zero-order valence-corrected chi connectivity index (χ0v) is 11.1. The number of esters is 1. The van der Waals surface area contributed by atoms with Crippen molar-refractivity contribution >= 4 is 18.2 Å². The Bertz CT molecular complexity index is 710. The van der Waals surface area contributed by atoms with Crippen LogP contribution in [-0.2, 0) is 22.7 Å². The molecular weight excluding hydrogens is 274 g/mol. The zero-order valence-electron chi connectivity index (χ0n) is 11.1. The summed E-state index contributed by atoms with van der Waals surface area (Å²) < 4.78 is 5.96. The highest BCUT2D eigenvalue weighted by Gasteiger charge is 2.16. The number of carbonyl (C=O) groups is 2. The first-order valence-corrected chi connectivity index (χ1v) is 6.13. The maximum atomic E-state index is 12.0. The summed E-state index contributed by atoms with van der Waals surface area (Å²) in [6.45, 7) is -0.228. The van der Waals surface area contributed by atoms with Gasteiger partial charge in [-0.05, 0) is 5.56 Å². The van der Waals surface area contributed by atoms with Gasteiger partial charge in [0.25, 0.3) is 5.56 Å². The third kappa shape index (κ3) is 3.33. The smallest absolute Gasteiger partial charge is 0.345 e. The second-order valence-corrected chi connectivity index (χ2v) is 4.17. The summed E-state index contributed by atoms with van der Waals surface area (Å²) in [5, 5.41) is 0. The van der Waals surface area contributed by atoms with Crippen molar-refractivity contribution in [2.45, 2.75) is 13.2 Å². The van der Waals surface area contributed by atoms with Gasteiger partial charge in [0.1, 0.15) is 18.5 Å². The molecule has 0 saturated heterocycles. The van der Waals surface area contributed by atoms with Crippen LogP contribution in [0.25, 0.3) is 0 Å². The molecule has 0 fully saturated rings. The highest BCUT2D eigenvalue weighted by Crippen LogP contribution is 2.04. The topological polar surface area (TPSA) is 104 Å². The van der Waals surface area contributed by atoms with E-state index in [9.17, 15) is 14.4 Å². The Hall–Kier alpha value is -2.96. The van der Waals surface area contributed by atoms with Crippen molar-refractivity contribution in [3.8, 4) is 0 Å². The van der Waals surface area contributed by atoms with Crippen molar-refractivity contribution in [3.05, 3.63) is 58.0 Å². The predicted molar refractivity (Wildman–Crippen MR) is 74.5 cm³/mol. The number of aldehydes is 1. The van der Waals surface area contributed by atoms with Crippen molar-refractivity contribution in [2.75, 3.05) is 5.73 Å². The van der Waals surface area contributed by atoms with E-state index in [0.29, 0.717) is 6.29 Å². The molecule has 0 bridgehead atoms. The first-order valence-electron chi connectivity index (χ1n) is 6.13. The van der Waals surface area contributed by atoms with E-state index in [2.05, 4.69) is 4.98 Å². The number of nitrogens with two attached hydrogens (primary N) is 1. The van der Waals surface area contributed by atoms with Crippen LogP contribution >= 0.6 is 0 Å². The maximum absolute atomic E-state index is 12.0. The Morgan fingerprint density at radius 1 is 1.33 bits per heavy atom. The molecule has 0 spiro atoms. The molecule has 0 atom stereocenters. The number of hydrogen-bond acceptors (Lipinski definition) is 6. The largest absolute Gasteiger partial charge is 0.457 e. The molecule has 0 saturated carbocycles. The summed E-state index contributed by atoms with van der Waals surface area (Å²) >= 11 is 0. The lowest BCUT2D eigenvalue weighted by Gasteiger charge is -2.08. The molecule has 1 aromatic carbocycles. The number of aromatic nitrogens is 2. The third-order valence-corrected chi connectivity index (χ3v) is 2.77. The van der Waals surface area contributed by atoms with Crippen molar-refractivity contribution in [2.24, 2.45) is 0 Å². The summed E-state index contributed by atoms with van der Waals surface area (Å²) in [5.41, 5.74) is 5.31. The molecule has 7 nitrogen and oxygen atoms in total. The Kier molecular flexibility index (Phi) is 4.45. The summed E-state index contributed by atoms with van der Waals surface area (Å²) in [4.78, 5) is 38.1. The van der Waals surface area contributed by atoms with Crippen molar-refractivity contribution < 1.29 is 14.3 Å². The van der Waals surface area contributed by atoms with Gasteiger partial charge in [-0.2, -0.15) is 0 Å². The van der Waals surface area contributed by atoms with E-state index in [1.807, 2.05) is 18.2 Å². The van der Waals surface area contributed by atoms with Gasteiger partial charge < -0.3 is 15.3 Å². The minimum atomic E-state index is -0.809. The number of carbonyl (C=O) groups excluding carboxylic acids is 2. The number of rotatable bonds is 5. The van der Waals surface area contributed by atoms with E-state index >= 15 is 0 Å². The minimum absolute atomic E-state index is 0.0389. The summed E-state index contributed by atoms with van der Waals surface area (Å²) in [5.74, 6) is -0.942. The number of hydrogen-bond donors (Lipinski definition) is 1. The van der Waals surface area contributed by atoms with E-state index in [0.717, 1.165) is 16.3 Å². The lowest BCUT2D eigenvalue weighted by atomic mass is 10.2. The van der Waals surface area contributed by atoms with Gasteiger partial charge in [-0.3, -0.25) is 9.36 Å². The summed E-state index contributed by atoms with van der Waals surface area (Å²) in [6, 6.07) is 9.04. The molecule has 0 radical (unpaired) electrons. The monoisotopic (exact) mass is 287 g/mol. The average molecular weight is 287 g/mol. The zero-order chi connectivity index (χ0) is 15.2. The summed E-state index contributed by atoms with van der Waals surface area (Å²) in [7, 11) is 0. The number of ether oxygens (including phenoxy) is 1. The molecule has 0 aliphatic heterocycles. The van der Waals surface area contributed by atoms with Crippen LogP contribution in [0, 0.1) is 0 Å². The average Bonchev–Trinajstić information content (AvgIpc) is 2.50. The Balaban J connectivity index is 2.18. The molecule has 2 N–H and O–H groups in total. The molecule has 7 heteroatoms. The van der Waals surface area contributed by atoms with Gasteiger partial charge in [-0.1, -0.05) is 30.3 Å². The van der Waals surface area contributed by atoms with Crippen LogP contribution in [0.2, 0.25) is 0 Å². The van der Waals surface area contributed by atoms with Gasteiger partial charge in [0.2, 0.25) is 5.95 Å². The molecule has 2 rings (SSSR count). The van der Waals surface area contributed by atoms with Gasteiger partial charge in [0.15, 0.2) is 0 Å². The molecular formula is C14H13N3O4. The summed E-state index contributed by atoms with van der Waals surface area (Å²) in [6.07, 6.45) is 1.55. The molecule has 21 heavy (non-hydrogen) atoms. The Labute approximate surface area is 120 Å². The predicted octanol–water partition coefficient (Wildman–Crippen LogP) is 0.381. The van der Waals surface area contributed by atoms with Crippen molar-refractivity contribution in [3.63, 3.8) is 0 Å². The fraction of sp³-hybridized carbons (Fsp3) is 0.143. The number of nitrogens with zero attached hydrogens (tertiary/aromatic N) is 2. The molecule has 0 aliphatic carbocycles. The van der Waals surface area contributed by atoms with E-state index in [1.54, 1.807) is 12.1 Å². The second-order valence-electron chi connectivity index (χ2n) is 4.17. The number of anilines is 1. The van der Waals surface area contributed by atoms with Crippen LogP contribution in [0.5, 0.6) is 0 Å². The lowest BCUT2D eigenvalue weighted by Crippen LogP contribution is -2.30. The molecule has 2 aromatic rings. The van der Waals surface area contributed by atoms with E-state index in [-0.39, 0.29) is 24.7 Å². The van der Waals surface area contributed by atoms with E-state index in [1.165, 1.54) is 0 Å². The molecule has 0 aliphatic rings. The number of nitrogen functional groups attached to an aromatic ring is 1. The number of benzene rings is 1. The van der Waals surface area contributed by atoms with Gasteiger partial charge in [0.05, 0.1) is 12.7 Å². The van der Waals surface area contributed by atoms with Crippen LogP contribution in [0.15, 0.2) is 41.3 Å². The maximum Gasteiger partial charge on any atom is 0.345 e. The van der Waals surface area contributed by atoms with Crippen LogP contribution in [0.3, 0.4) is 0 Å². The highest BCUT2D eigenvalue weighted by molar-refractivity contribution is 5.88. The first kappa shape index (κ1) is 14.4. The van der Waals surface area contributed by atoms with Crippen LogP contribution in [0.4, 0.5) is 5.95 Å². The standard InChI is InChI=1S/C14H13N3O4/c15-14-16-8-11(12(19)17(14)6-7-18)13(20)21-9-10-4-2-1-3-5-10/h1-5,7-8H,6,9H2,(H2,15,16). The van der Waals surface area contributed by atoms with Crippen molar-refractivity contribution in [1.29, 1.82) is 0 Å². The van der Waals surface area contributed by atoms with E-state index < -0.39 is 11.5 Å². The van der Waals surface area contributed by atoms with E-state index in [4.69, 9.17) is 10.5 Å². The fourth-order valence-electron chi connectivity index (χ4n) is 1.70. The molecule has 1 aromatic heterocycles. The van der Waals surface area contributed by atoms with Crippen LogP contribution in [-0.4, -0.2) is 21.8 Å². The third-order valence-electron chi connectivity index (χ3n) is 2.77. The first-order chi connectivity index (χ1) is 10.1. The molecule has 1 heterocycles. The Morgan fingerprint density at radius 2 is 2.05 bits per heavy atom. The quantitative estimate of drug-likeness (QED) is 0.629. The molecule has 108 valence electrons. The highest BCUT2D eigenvalue weighted by atomic mass is 16.5. The normalized spacial score (nSPS) is 10.1. The van der Waals surface area contributed by atoms with Crippen molar-refractivity contribution in [1.82, 2.24) is 9.55 Å². The lowest BCUT2D eigenvalue weighted by molar-refractivity contribution is -0.108. The van der Waals surface area contributed by atoms with Crippen LogP contribution in [0.1, 0.15) is 15.9 Å². The van der Waals surface area contributed by atoms with Gasteiger partial charge in [-0.25, -0.2) is 9.78 Å². The van der Waals surface area contributed by atoms with Gasteiger partial charge in [-0.15, -0.1) is 0 Å². The fourth-order valence-corrected chi connectivity index (χ4v) is 1.70. The molecule has 0 unspecified atom stereocenters. The minimum Gasteiger partial charge on any atom is -0.457 e. The van der Waals surface area contributed by atoms with Gasteiger partial charge >= 0.3 is 5.97 Å². The Morgan fingerprint density at radius 3 is 2.71 bits per heavy atom. The SMILES string of the molecule is Nc1ncc(C(=O)OCc2ccccc2)c(=O)n1CC=O. The molecule has 0 amide bonds.